The molecule has 0 amide bonds. The minimum Gasteiger partial charge on any atom is -0.303 e. The number of halogens is 1. The number of carbonyl (C=O) groups excluding carboxylic acids is 1. The molecule has 1 nitrogen and oxygen atoms in total. The van der Waals surface area contributed by atoms with Crippen LogP contribution in [0.1, 0.15) is 25.7 Å². The summed E-state index contributed by atoms with van der Waals surface area (Å²) in [6.07, 6.45) is 5.43. The van der Waals surface area contributed by atoms with Gasteiger partial charge in [0.1, 0.15) is 6.29 Å². The molecule has 0 saturated heterocycles. The molecule has 0 bridgehead atoms. The van der Waals surface area contributed by atoms with Crippen LogP contribution in [0.4, 0.5) is 4.39 Å². The van der Waals surface area contributed by atoms with Crippen molar-refractivity contribution in [2.75, 3.05) is 0 Å². The Morgan fingerprint density at radius 3 is 3.20 bits per heavy atom. The van der Waals surface area contributed by atoms with Crippen molar-refractivity contribution in [3.8, 4) is 0 Å². The number of rotatable bonds is 2. The van der Waals surface area contributed by atoms with Crippen LogP contribution in [0.5, 0.6) is 0 Å². The summed E-state index contributed by atoms with van der Waals surface area (Å²) in [7, 11) is 0. The van der Waals surface area contributed by atoms with Gasteiger partial charge in [0.05, 0.1) is 5.83 Å². The van der Waals surface area contributed by atoms with Gasteiger partial charge in [-0.3, -0.25) is 0 Å². The summed E-state index contributed by atoms with van der Waals surface area (Å²) in [5.41, 5.74) is 0. The van der Waals surface area contributed by atoms with Crippen LogP contribution in [0.15, 0.2) is 11.9 Å². The van der Waals surface area contributed by atoms with Crippen LogP contribution in [-0.2, 0) is 4.79 Å². The molecule has 0 spiro atoms. The molecule has 0 fully saturated rings. The molecule has 1 unspecified atom stereocenters. The van der Waals surface area contributed by atoms with Gasteiger partial charge in [-0.1, -0.05) is 6.08 Å². The molecule has 0 saturated carbocycles. The Morgan fingerprint density at radius 2 is 2.60 bits per heavy atom. The van der Waals surface area contributed by atoms with Crippen molar-refractivity contribution in [1.29, 1.82) is 0 Å². The second-order valence-corrected chi connectivity index (χ2v) is 2.62. The average Bonchev–Trinajstić information content (AvgIpc) is 1.94. The highest BCUT2D eigenvalue weighted by Crippen LogP contribution is 2.27. The van der Waals surface area contributed by atoms with Gasteiger partial charge in [-0.15, -0.1) is 0 Å². The molecule has 56 valence electrons. The Balaban J connectivity index is 2.49. The molecule has 10 heavy (non-hydrogen) atoms. The lowest BCUT2D eigenvalue weighted by atomic mass is 9.92. The van der Waals surface area contributed by atoms with Crippen molar-refractivity contribution < 1.29 is 9.18 Å². The summed E-state index contributed by atoms with van der Waals surface area (Å²) in [4.78, 5) is 10.0. The van der Waals surface area contributed by atoms with Crippen molar-refractivity contribution in [1.82, 2.24) is 0 Å². The van der Waals surface area contributed by atoms with Crippen molar-refractivity contribution in [3.63, 3.8) is 0 Å². The maximum absolute atomic E-state index is 12.7. The van der Waals surface area contributed by atoms with E-state index in [2.05, 4.69) is 0 Å². The summed E-state index contributed by atoms with van der Waals surface area (Å²) < 4.78 is 12.7. The van der Waals surface area contributed by atoms with E-state index in [4.69, 9.17) is 0 Å². The van der Waals surface area contributed by atoms with Crippen LogP contribution in [-0.4, -0.2) is 6.29 Å². The predicted molar refractivity (Wildman–Crippen MR) is 37.2 cm³/mol. The minimum absolute atomic E-state index is 0.0849. The Labute approximate surface area is 59.9 Å². The molecule has 0 radical (unpaired) electrons. The van der Waals surface area contributed by atoms with Gasteiger partial charge in [0, 0.05) is 12.3 Å². The quantitative estimate of drug-likeness (QED) is 0.540. The first-order chi connectivity index (χ1) is 4.84. The highest BCUT2D eigenvalue weighted by molar-refractivity contribution is 5.50. The average molecular weight is 142 g/mol. The lowest BCUT2D eigenvalue weighted by Crippen LogP contribution is -2.05. The molecule has 0 heterocycles. The van der Waals surface area contributed by atoms with Crippen LogP contribution >= 0.6 is 0 Å². The van der Waals surface area contributed by atoms with Crippen LogP contribution < -0.4 is 0 Å². The SMILES string of the molecule is O=CCC1CCCC=C1F. The summed E-state index contributed by atoms with van der Waals surface area (Å²) >= 11 is 0. The minimum atomic E-state index is -0.105. The van der Waals surface area contributed by atoms with Gasteiger partial charge in [-0.05, 0) is 19.3 Å². The fraction of sp³-hybridized carbons (Fsp3) is 0.625. The van der Waals surface area contributed by atoms with Gasteiger partial charge in [0.2, 0.25) is 0 Å². The lowest BCUT2D eigenvalue weighted by molar-refractivity contribution is -0.108. The van der Waals surface area contributed by atoms with E-state index in [1.807, 2.05) is 0 Å². The zero-order chi connectivity index (χ0) is 7.40. The first-order valence-corrected chi connectivity index (χ1v) is 3.64. The zero-order valence-electron chi connectivity index (χ0n) is 5.85. The standard InChI is InChI=1S/C8H11FO/c9-8-4-2-1-3-7(8)5-6-10/h4,6-7H,1-3,5H2. The van der Waals surface area contributed by atoms with Crippen molar-refractivity contribution in [2.45, 2.75) is 25.7 Å². The first kappa shape index (κ1) is 7.45. The van der Waals surface area contributed by atoms with Gasteiger partial charge >= 0.3 is 0 Å². The maximum Gasteiger partial charge on any atom is 0.120 e. The summed E-state index contributed by atoms with van der Waals surface area (Å²) in [6.45, 7) is 0. The highest BCUT2D eigenvalue weighted by Gasteiger charge is 2.16. The van der Waals surface area contributed by atoms with Crippen molar-refractivity contribution in [3.05, 3.63) is 11.9 Å². The number of aldehydes is 1. The number of hydrogen-bond acceptors (Lipinski definition) is 1. The van der Waals surface area contributed by atoms with E-state index in [-0.39, 0.29) is 11.7 Å². The molecule has 0 aromatic carbocycles. The second-order valence-electron chi connectivity index (χ2n) is 2.62. The van der Waals surface area contributed by atoms with Gasteiger partial charge in [0.25, 0.3) is 0 Å². The smallest absolute Gasteiger partial charge is 0.120 e. The first-order valence-electron chi connectivity index (χ1n) is 3.64. The van der Waals surface area contributed by atoms with E-state index < -0.39 is 0 Å². The normalized spacial score (nSPS) is 25.7. The largest absolute Gasteiger partial charge is 0.303 e. The zero-order valence-corrected chi connectivity index (χ0v) is 5.85. The van der Waals surface area contributed by atoms with Crippen LogP contribution in [0.3, 0.4) is 0 Å². The van der Waals surface area contributed by atoms with Crippen LogP contribution in [0.25, 0.3) is 0 Å². The van der Waals surface area contributed by atoms with Gasteiger partial charge in [-0.25, -0.2) is 4.39 Å². The van der Waals surface area contributed by atoms with Crippen molar-refractivity contribution >= 4 is 6.29 Å². The molecule has 0 N–H and O–H groups in total. The van der Waals surface area contributed by atoms with E-state index in [0.29, 0.717) is 6.42 Å². The lowest BCUT2D eigenvalue weighted by Gasteiger charge is -2.15. The van der Waals surface area contributed by atoms with E-state index in [1.54, 1.807) is 6.08 Å². The van der Waals surface area contributed by atoms with E-state index >= 15 is 0 Å². The van der Waals surface area contributed by atoms with Gasteiger partial charge in [0.15, 0.2) is 0 Å². The third-order valence-electron chi connectivity index (χ3n) is 1.87. The molecule has 0 aliphatic heterocycles. The monoisotopic (exact) mass is 142 g/mol. The Morgan fingerprint density at radius 1 is 1.80 bits per heavy atom. The molecule has 1 rings (SSSR count). The Hall–Kier alpha value is -0.660. The number of hydrogen-bond donors (Lipinski definition) is 0. The maximum atomic E-state index is 12.7. The number of allylic oxidation sites excluding steroid dienone is 2. The summed E-state index contributed by atoms with van der Waals surface area (Å²) in [6, 6.07) is 0. The molecular formula is C8H11FO. The second kappa shape index (κ2) is 3.49. The van der Waals surface area contributed by atoms with Crippen LogP contribution in [0.2, 0.25) is 0 Å². The topological polar surface area (TPSA) is 17.1 Å². The molecular weight excluding hydrogens is 131 g/mol. The molecule has 1 atom stereocenters. The van der Waals surface area contributed by atoms with E-state index in [1.165, 1.54) is 0 Å². The Kier molecular flexibility index (Phi) is 2.60. The highest BCUT2D eigenvalue weighted by atomic mass is 19.1. The third kappa shape index (κ3) is 1.66. The molecule has 1 aliphatic rings. The summed E-state index contributed by atoms with van der Waals surface area (Å²) in [5, 5.41) is 0. The van der Waals surface area contributed by atoms with Gasteiger partial charge in [-0.2, -0.15) is 0 Å². The predicted octanol–water partition coefficient (Wildman–Crippen LogP) is 2.23. The molecule has 0 aromatic heterocycles. The molecule has 0 aromatic rings. The molecule has 2 heteroatoms. The van der Waals surface area contributed by atoms with Crippen LogP contribution in [0, 0.1) is 5.92 Å². The van der Waals surface area contributed by atoms with Gasteiger partial charge < -0.3 is 4.79 Å². The fourth-order valence-corrected chi connectivity index (χ4v) is 1.26. The van der Waals surface area contributed by atoms with E-state index in [9.17, 15) is 9.18 Å². The Bertz CT molecular complexity index is 151. The fourth-order valence-electron chi connectivity index (χ4n) is 1.26. The third-order valence-corrected chi connectivity index (χ3v) is 1.87. The molecule has 1 aliphatic carbocycles. The number of carbonyl (C=O) groups is 1. The van der Waals surface area contributed by atoms with Crippen molar-refractivity contribution in [2.24, 2.45) is 5.92 Å². The summed E-state index contributed by atoms with van der Waals surface area (Å²) in [5.74, 6) is -0.190. The van der Waals surface area contributed by atoms with E-state index in [0.717, 1.165) is 25.5 Å².